The molecule has 1 rings (SSSR count). The molecule has 16 heavy (non-hydrogen) atoms. The van der Waals surface area contributed by atoms with Crippen LogP contribution < -0.4 is 5.32 Å². The van der Waals surface area contributed by atoms with Gasteiger partial charge in [0, 0.05) is 11.6 Å². The van der Waals surface area contributed by atoms with Crippen LogP contribution in [0.2, 0.25) is 0 Å². The Morgan fingerprint density at radius 2 is 1.75 bits per heavy atom. The smallest absolute Gasteiger partial charge is 0.0150 e. The van der Waals surface area contributed by atoms with Crippen LogP contribution in [0.4, 0.5) is 0 Å². The van der Waals surface area contributed by atoms with Gasteiger partial charge in [0.05, 0.1) is 0 Å². The highest BCUT2D eigenvalue weighted by Crippen LogP contribution is 2.23. The summed E-state index contributed by atoms with van der Waals surface area (Å²) in [6.45, 7) is 11.9. The van der Waals surface area contributed by atoms with Crippen LogP contribution in [0.5, 0.6) is 0 Å². The molecule has 1 fully saturated rings. The van der Waals surface area contributed by atoms with Gasteiger partial charge in [0.25, 0.3) is 0 Å². The Morgan fingerprint density at radius 3 is 2.19 bits per heavy atom. The Morgan fingerprint density at radius 1 is 1.25 bits per heavy atom. The van der Waals surface area contributed by atoms with Crippen LogP contribution in [0.3, 0.4) is 0 Å². The molecular formula is C14H30N2. The number of nitrogens with one attached hydrogen (secondary N) is 1. The first-order valence-corrected chi connectivity index (χ1v) is 6.97. The minimum atomic E-state index is 0.336. The topological polar surface area (TPSA) is 15.3 Å². The second-order valence-corrected chi connectivity index (χ2v) is 5.84. The summed E-state index contributed by atoms with van der Waals surface area (Å²) in [5.74, 6) is 0.869. The van der Waals surface area contributed by atoms with Crippen molar-refractivity contribution in [1.29, 1.82) is 0 Å². The fourth-order valence-corrected chi connectivity index (χ4v) is 2.65. The average molecular weight is 226 g/mol. The minimum absolute atomic E-state index is 0.336. The van der Waals surface area contributed by atoms with E-state index in [-0.39, 0.29) is 0 Å². The summed E-state index contributed by atoms with van der Waals surface area (Å²) in [6.07, 6.45) is 5.16. The van der Waals surface area contributed by atoms with Gasteiger partial charge in [0.1, 0.15) is 0 Å². The zero-order valence-electron chi connectivity index (χ0n) is 11.8. The molecule has 0 bridgehead atoms. The number of rotatable bonds is 5. The van der Waals surface area contributed by atoms with Gasteiger partial charge in [-0.15, -0.1) is 0 Å². The van der Waals surface area contributed by atoms with E-state index in [0.29, 0.717) is 11.6 Å². The van der Waals surface area contributed by atoms with E-state index in [1.807, 2.05) is 0 Å². The molecule has 1 aliphatic heterocycles. The third-order valence-electron chi connectivity index (χ3n) is 4.61. The molecule has 1 heterocycles. The van der Waals surface area contributed by atoms with Crippen molar-refractivity contribution in [2.24, 2.45) is 5.92 Å². The van der Waals surface area contributed by atoms with Gasteiger partial charge in [-0.25, -0.2) is 0 Å². The number of piperidine rings is 1. The van der Waals surface area contributed by atoms with Crippen molar-refractivity contribution in [2.75, 3.05) is 20.1 Å². The van der Waals surface area contributed by atoms with E-state index < -0.39 is 0 Å². The first-order valence-electron chi connectivity index (χ1n) is 6.97. The largest absolute Gasteiger partial charge is 0.309 e. The monoisotopic (exact) mass is 226 g/mol. The average Bonchev–Trinajstić information content (AvgIpc) is 2.29. The van der Waals surface area contributed by atoms with Crippen molar-refractivity contribution in [3.05, 3.63) is 0 Å². The summed E-state index contributed by atoms with van der Waals surface area (Å²) in [4.78, 5) is 2.45. The van der Waals surface area contributed by atoms with Crippen LogP contribution >= 0.6 is 0 Å². The molecule has 2 nitrogen and oxygen atoms in total. The van der Waals surface area contributed by atoms with E-state index in [1.165, 1.54) is 38.8 Å². The van der Waals surface area contributed by atoms with Crippen LogP contribution in [0.15, 0.2) is 0 Å². The van der Waals surface area contributed by atoms with Crippen molar-refractivity contribution >= 4 is 0 Å². The SMILES string of the molecule is CCC(C)(CC)NC(C)C1CCN(C)CC1. The molecule has 1 unspecified atom stereocenters. The Hall–Kier alpha value is -0.0800. The molecule has 1 atom stereocenters. The molecule has 1 aliphatic rings. The van der Waals surface area contributed by atoms with Crippen LogP contribution in [-0.4, -0.2) is 36.6 Å². The van der Waals surface area contributed by atoms with Crippen molar-refractivity contribution in [3.63, 3.8) is 0 Å². The molecule has 0 radical (unpaired) electrons. The van der Waals surface area contributed by atoms with Crippen molar-refractivity contribution in [1.82, 2.24) is 10.2 Å². The number of hydrogen-bond acceptors (Lipinski definition) is 2. The highest BCUT2D eigenvalue weighted by atomic mass is 15.1. The Bertz CT molecular complexity index is 191. The van der Waals surface area contributed by atoms with Gasteiger partial charge in [0.15, 0.2) is 0 Å². The maximum absolute atomic E-state index is 3.86. The Kier molecular flexibility index (Phi) is 5.26. The summed E-state index contributed by atoms with van der Waals surface area (Å²) in [5, 5.41) is 3.86. The summed E-state index contributed by atoms with van der Waals surface area (Å²) >= 11 is 0. The second kappa shape index (κ2) is 6.02. The summed E-state index contributed by atoms with van der Waals surface area (Å²) in [5.41, 5.74) is 0.336. The predicted molar refractivity (Wildman–Crippen MR) is 71.8 cm³/mol. The summed E-state index contributed by atoms with van der Waals surface area (Å²) in [6, 6.07) is 0.665. The quantitative estimate of drug-likeness (QED) is 0.775. The van der Waals surface area contributed by atoms with E-state index >= 15 is 0 Å². The second-order valence-electron chi connectivity index (χ2n) is 5.84. The van der Waals surface area contributed by atoms with Gasteiger partial charge in [0.2, 0.25) is 0 Å². The molecule has 0 saturated carbocycles. The maximum Gasteiger partial charge on any atom is 0.0150 e. The molecule has 1 N–H and O–H groups in total. The highest BCUT2D eigenvalue weighted by Gasteiger charge is 2.27. The fourth-order valence-electron chi connectivity index (χ4n) is 2.65. The van der Waals surface area contributed by atoms with Crippen LogP contribution in [0, 0.1) is 5.92 Å². The first kappa shape index (κ1) is 14.0. The Labute approximate surface area is 102 Å². The lowest BCUT2D eigenvalue weighted by atomic mass is 9.87. The molecule has 0 aromatic heterocycles. The van der Waals surface area contributed by atoms with Gasteiger partial charge in [-0.3, -0.25) is 0 Å². The van der Waals surface area contributed by atoms with Crippen molar-refractivity contribution in [3.8, 4) is 0 Å². The normalized spacial score (nSPS) is 22.3. The molecule has 1 saturated heterocycles. The summed E-state index contributed by atoms with van der Waals surface area (Å²) < 4.78 is 0. The molecule has 0 aliphatic carbocycles. The lowest BCUT2D eigenvalue weighted by molar-refractivity contribution is 0.165. The number of nitrogens with zero attached hydrogens (tertiary/aromatic N) is 1. The molecule has 2 heteroatoms. The zero-order chi connectivity index (χ0) is 12.2. The summed E-state index contributed by atoms with van der Waals surface area (Å²) in [7, 11) is 2.23. The van der Waals surface area contributed by atoms with Gasteiger partial charge in [-0.2, -0.15) is 0 Å². The van der Waals surface area contributed by atoms with E-state index in [4.69, 9.17) is 0 Å². The number of hydrogen-bond donors (Lipinski definition) is 1. The van der Waals surface area contributed by atoms with E-state index in [2.05, 4.69) is 45.0 Å². The van der Waals surface area contributed by atoms with Crippen molar-refractivity contribution < 1.29 is 0 Å². The lowest BCUT2D eigenvalue weighted by Gasteiger charge is -2.39. The van der Waals surface area contributed by atoms with Crippen molar-refractivity contribution in [2.45, 2.75) is 65.0 Å². The molecule has 96 valence electrons. The van der Waals surface area contributed by atoms with Crippen LogP contribution in [0.25, 0.3) is 0 Å². The van der Waals surface area contributed by atoms with E-state index in [0.717, 1.165) is 5.92 Å². The van der Waals surface area contributed by atoms with Gasteiger partial charge >= 0.3 is 0 Å². The predicted octanol–water partition coefficient (Wildman–Crippen LogP) is 2.89. The van der Waals surface area contributed by atoms with Gasteiger partial charge in [-0.1, -0.05) is 13.8 Å². The standard InChI is InChI=1S/C14H30N2/c1-6-14(4,7-2)15-12(3)13-8-10-16(5)11-9-13/h12-13,15H,6-11H2,1-5H3. The molecular weight excluding hydrogens is 196 g/mol. The maximum atomic E-state index is 3.86. The third kappa shape index (κ3) is 3.74. The third-order valence-corrected chi connectivity index (χ3v) is 4.61. The number of likely N-dealkylation sites (tertiary alicyclic amines) is 1. The highest BCUT2D eigenvalue weighted by molar-refractivity contribution is 4.87. The molecule has 0 aromatic carbocycles. The Balaban J connectivity index is 2.42. The van der Waals surface area contributed by atoms with Crippen LogP contribution in [-0.2, 0) is 0 Å². The van der Waals surface area contributed by atoms with E-state index in [1.54, 1.807) is 0 Å². The first-order chi connectivity index (χ1) is 7.50. The van der Waals surface area contributed by atoms with E-state index in [9.17, 15) is 0 Å². The molecule has 0 spiro atoms. The van der Waals surface area contributed by atoms with Gasteiger partial charge < -0.3 is 10.2 Å². The van der Waals surface area contributed by atoms with Gasteiger partial charge in [-0.05, 0) is 65.6 Å². The van der Waals surface area contributed by atoms with Crippen LogP contribution in [0.1, 0.15) is 53.4 Å². The molecule has 0 amide bonds. The molecule has 0 aromatic rings. The zero-order valence-corrected chi connectivity index (χ0v) is 11.8. The fraction of sp³-hybridized carbons (Fsp3) is 1.00. The lowest BCUT2D eigenvalue weighted by Crippen LogP contribution is -2.50. The minimum Gasteiger partial charge on any atom is -0.309 e.